The van der Waals surface area contributed by atoms with E-state index in [2.05, 4.69) is 36.3 Å². The Kier molecular flexibility index (Phi) is 9.35. The zero-order valence-electron chi connectivity index (χ0n) is 25.8. The third-order valence-corrected chi connectivity index (χ3v) is 8.36. The smallest absolute Gasteiger partial charge is 0.416 e. The van der Waals surface area contributed by atoms with Crippen molar-refractivity contribution in [2.45, 2.75) is 50.0 Å². The summed E-state index contributed by atoms with van der Waals surface area (Å²) in [5, 5.41) is 22.1. The van der Waals surface area contributed by atoms with Crippen LogP contribution in [0.5, 0.6) is 6.01 Å². The fourth-order valence-electron chi connectivity index (χ4n) is 5.80. The lowest BCUT2D eigenvalue weighted by Gasteiger charge is -2.44. The number of aliphatic hydroxyl groups excluding tert-OH is 1. The average Bonchev–Trinajstić information content (AvgIpc) is 3.11. The number of hydrogen-bond acceptors (Lipinski definition) is 12. The quantitative estimate of drug-likeness (QED) is 0.253. The molecule has 2 N–H and O–H groups in total. The van der Waals surface area contributed by atoms with E-state index in [0.717, 1.165) is 16.7 Å². The van der Waals surface area contributed by atoms with Gasteiger partial charge < -0.3 is 24.8 Å². The van der Waals surface area contributed by atoms with Gasteiger partial charge in [-0.25, -0.2) is 29.1 Å². The lowest BCUT2D eigenvalue weighted by atomic mass is 9.90. The number of nitrogens with zero attached hydrogens (tertiary/aromatic N) is 8. The standard InChI is InChI=1S/C33H34FN9O4/c1-46-31-38-16-25(17-39-31)23-7-12-28(36-14-23)43(32(45)47-18-22-5-3-2-4-6-22)27-10-8-26(9-11-27)40-30-37-15-24(13-35)29(41-30)42-19-33(34,20-42)21-44/h2-7,12,14-17,26-27,44H,8-11,18-21H2,1H3,(H,37,40,41)/t26-,27-. The largest absolute Gasteiger partial charge is 0.467 e. The number of aromatic nitrogens is 5. The first-order valence-corrected chi connectivity index (χ1v) is 15.3. The van der Waals surface area contributed by atoms with Crippen LogP contribution in [0, 0.1) is 11.3 Å². The second-order valence-corrected chi connectivity index (χ2v) is 11.6. The second-order valence-electron chi connectivity index (χ2n) is 11.6. The van der Waals surface area contributed by atoms with Gasteiger partial charge in [0.2, 0.25) is 5.95 Å². The molecule has 0 radical (unpaired) electrons. The van der Waals surface area contributed by atoms with Gasteiger partial charge >= 0.3 is 12.1 Å². The van der Waals surface area contributed by atoms with Gasteiger partial charge in [0.25, 0.3) is 0 Å². The summed E-state index contributed by atoms with van der Waals surface area (Å²) in [4.78, 5) is 38.6. The molecule has 1 aliphatic carbocycles. The summed E-state index contributed by atoms with van der Waals surface area (Å²) in [5.41, 5.74) is 0.966. The molecule has 4 aromatic rings. The van der Waals surface area contributed by atoms with E-state index in [9.17, 15) is 19.6 Å². The van der Waals surface area contributed by atoms with Crippen LogP contribution < -0.4 is 19.9 Å². The Bertz CT molecular complexity index is 1710. The number of alkyl halides is 1. The number of nitriles is 1. The van der Waals surface area contributed by atoms with Crippen molar-refractivity contribution in [3.63, 3.8) is 0 Å². The Morgan fingerprint density at radius 1 is 1.04 bits per heavy atom. The van der Waals surface area contributed by atoms with E-state index in [-0.39, 0.29) is 43.4 Å². The van der Waals surface area contributed by atoms with Gasteiger partial charge in [-0.3, -0.25) is 4.90 Å². The lowest BCUT2D eigenvalue weighted by molar-refractivity contribution is 0.0440. The van der Waals surface area contributed by atoms with Gasteiger partial charge in [0.15, 0.2) is 11.5 Å². The highest BCUT2D eigenvalue weighted by atomic mass is 19.1. The van der Waals surface area contributed by atoms with E-state index >= 15 is 0 Å². The third-order valence-electron chi connectivity index (χ3n) is 8.36. The van der Waals surface area contributed by atoms with E-state index in [1.54, 1.807) is 34.5 Å². The Morgan fingerprint density at radius 3 is 2.40 bits per heavy atom. The Morgan fingerprint density at radius 2 is 1.77 bits per heavy atom. The predicted molar refractivity (Wildman–Crippen MR) is 170 cm³/mol. The van der Waals surface area contributed by atoms with Crippen molar-refractivity contribution in [1.82, 2.24) is 24.9 Å². The van der Waals surface area contributed by atoms with Gasteiger partial charge in [0.1, 0.15) is 24.1 Å². The van der Waals surface area contributed by atoms with Crippen LogP contribution in [0.1, 0.15) is 36.8 Å². The molecule has 2 fully saturated rings. The average molecular weight is 640 g/mol. The maximum Gasteiger partial charge on any atom is 0.416 e. The number of anilines is 3. The number of methoxy groups -OCH3 is 1. The molecule has 14 heteroatoms. The number of pyridine rings is 1. The fourth-order valence-corrected chi connectivity index (χ4v) is 5.80. The second kappa shape index (κ2) is 13.9. The highest BCUT2D eigenvalue weighted by molar-refractivity contribution is 5.87. The Hall–Kier alpha value is -5.42. The Balaban J connectivity index is 1.15. The first-order valence-electron chi connectivity index (χ1n) is 15.3. The minimum absolute atomic E-state index is 0.00808. The normalized spacial score (nSPS) is 18.4. The molecule has 6 rings (SSSR count). The number of carbonyl (C=O) groups excluding carboxylic acids is 1. The molecule has 2 aliphatic rings. The van der Waals surface area contributed by atoms with Crippen LogP contribution >= 0.6 is 0 Å². The van der Waals surface area contributed by atoms with Crippen LogP contribution in [0.2, 0.25) is 0 Å². The van der Waals surface area contributed by atoms with E-state index in [1.165, 1.54) is 13.3 Å². The summed E-state index contributed by atoms with van der Waals surface area (Å²) < 4.78 is 25.1. The summed E-state index contributed by atoms with van der Waals surface area (Å²) in [6.07, 6.45) is 8.63. The molecule has 0 atom stereocenters. The van der Waals surface area contributed by atoms with E-state index in [4.69, 9.17) is 9.47 Å². The SMILES string of the molecule is COc1ncc(-c2ccc(N(C(=O)OCc3ccccc3)[C@H]3CC[C@H](Nc4ncc(C#N)c(N5CC(F)(CO)C5)n4)CC3)nc2)cn1. The highest BCUT2D eigenvalue weighted by Gasteiger charge is 2.44. The van der Waals surface area contributed by atoms with Gasteiger partial charge in [-0.2, -0.15) is 10.2 Å². The molecule has 3 aromatic heterocycles. The highest BCUT2D eigenvalue weighted by Crippen LogP contribution is 2.33. The number of halogens is 1. The first-order chi connectivity index (χ1) is 22.9. The molecule has 1 aromatic carbocycles. The van der Waals surface area contributed by atoms with Crippen LogP contribution in [0.4, 0.5) is 26.8 Å². The van der Waals surface area contributed by atoms with Gasteiger partial charge in [-0.1, -0.05) is 30.3 Å². The maximum atomic E-state index is 14.3. The number of aliphatic hydroxyl groups is 1. The maximum absolute atomic E-state index is 14.3. The van der Waals surface area contributed by atoms with E-state index in [0.29, 0.717) is 43.3 Å². The monoisotopic (exact) mass is 639 g/mol. The minimum atomic E-state index is -1.70. The summed E-state index contributed by atoms with van der Waals surface area (Å²) in [7, 11) is 1.50. The van der Waals surface area contributed by atoms with Crippen molar-refractivity contribution in [1.29, 1.82) is 5.26 Å². The predicted octanol–water partition coefficient (Wildman–Crippen LogP) is 4.30. The zero-order chi connectivity index (χ0) is 32.8. The van der Waals surface area contributed by atoms with Crippen LogP contribution in [-0.2, 0) is 11.3 Å². The summed E-state index contributed by atoms with van der Waals surface area (Å²) in [6, 6.07) is 15.3. The number of ether oxygens (including phenoxy) is 2. The molecule has 0 spiro atoms. The number of hydrogen-bond donors (Lipinski definition) is 2. The minimum Gasteiger partial charge on any atom is -0.467 e. The van der Waals surface area contributed by atoms with Gasteiger partial charge in [0.05, 0.1) is 33.0 Å². The zero-order valence-corrected chi connectivity index (χ0v) is 25.8. The number of nitrogens with one attached hydrogen (secondary N) is 1. The van der Waals surface area contributed by atoms with Gasteiger partial charge in [-0.05, 0) is 43.4 Å². The van der Waals surface area contributed by atoms with Crippen LogP contribution in [-0.4, -0.2) is 80.7 Å². The molecular formula is C33H34FN9O4. The topological polar surface area (TPSA) is 163 Å². The molecule has 0 unspecified atom stereocenters. The van der Waals surface area contributed by atoms with E-state index in [1.807, 2.05) is 36.4 Å². The summed E-state index contributed by atoms with van der Waals surface area (Å²) in [5.74, 6) is 1.14. The van der Waals surface area contributed by atoms with Crippen molar-refractivity contribution in [3.05, 3.63) is 78.4 Å². The van der Waals surface area contributed by atoms with E-state index < -0.39 is 18.4 Å². The van der Waals surface area contributed by atoms with Crippen molar-refractivity contribution >= 4 is 23.7 Å². The summed E-state index contributed by atoms with van der Waals surface area (Å²) >= 11 is 0. The molecular weight excluding hydrogens is 605 g/mol. The molecule has 1 aliphatic heterocycles. The first kappa shape index (κ1) is 31.6. The number of rotatable bonds is 10. The third kappa shape index (κ3) is 7.20. The van der Waals surface area contributed by atoms with Gasteiger partial charge in [0, 0.05) is 41.8 Å². The molecule has 1 saturated heterocycles. The number of amides is 1. The molecule has 1 amide bonds. The van der Waals surface area contributed by atoms with Crippen LogP contribution in [0.15, 0.2) is 67.3 Å². The lowest BCUT2D eigenvalue weighted by Crippen LogP contribution is -2.61. The molecule has 1 saturated carbocycles. The van der Waals surface area contributed by atoms with Crippen molar-refractivity contribution < 1.29 is 23.8 Å². The Labute approximate surface area is 271 Å². The van der Waals surface area contributed by atoms with Crippen LogP contribution in [0.3, 0.4) is 0 Å². The molecule has 0 bridgehead atoms. The van der Waals surface area contributed by atoms with Crippen molar-refractivity contribution in [2.75, 3.05) is 41.9 Å². The molecule has 13 nitrogen and oxygen atoms in total. The molecule has 47 heavy (non-hydrogen) atoms. The number of carbonyl (C=O) groups is 1. The molecule has 242 valence electrons. The summed E-state index contributed by atoms with van der Waals surface area (Å²) in [6.45, 7) is -0.540. The van der Waals surface area contributed by atoms with Crippen molar-refractivity contribution in [3.8, 4) is 23.2 Å². The number of benzene rings is 1. The van der Waals surface area contributed by atoms with Crippen molar-refractivity contribution in [2.24, 2.45) is 0 Å². The van der Waals surface area contributed by atoms with Gasteiger partial charge in [-0.15, -0.1) is 0 Å². The fraction of sp³-hybridized carbons (Fsp3) is 0.364. The molecule has 4 heterocycles. The van der Waals surface area contributed by atoms with Crippen LogP contribution in [0.25, 0.3) is 11.1 Å².